The van der Waals surface area contributed by atoms with Crippen molar-refractivity contribution in [3.63, 3.8) is 0 Å². The molecular weight excluding hydrogens is 446 g/mol. The van der Waals surface area contributed by atoms with Crippen LogP contribution in [0.1, 0.15) is 44.0 Å². The highest BCUT2D eigenvalue weighted by molar-refractivity contribution is 5.86. The van der Waals surface area contributed by atoms with E-state index < -0.39 is 0 Å². The van der Waals surface area contributed by atoms with E-state index in [1.165, 1.54) is 33.4 Å². The first kappa shape index (κ1) is 24.7. The molecule has 1 fully saturated rings. The van der Waals surface area contributed by atoms with Crippen molar-refractivity contribution >= 4 is 11.6 Å². The summed E-state index contributed by atoms with van der Waals surface area (Å²) in [6, 6.07) is 11.5. The Bertz CT molecular complexity index is 1160. The molecule has 1 N–H and O–H groups in total. The predicted octanol–water partition coefficient (Wildman–Crippen LogP) is 4.58. The molecule has 2 aromatic rings. The van der Waals surface area contributed by atoms with Crippen LogP contribution in [0.2, 0.25) is 0 Å². The first-order chi connectivity index (χ1) is 17.5. The predicted molar refractivity (Wildman–Crippen MR) is 147 cm³/mol. The number of likely N-dealkylation sites (N-methyl/N-ethyl adjacent to an activating group) is 1. The van der Waals surface area contributed by atoms with Gasteiger partial charge in [0.15, 0.2) is 0 Å². The highest BCUT2D eigenvalue weighted by atomic mass is 16.2. The van der Waals surface area contributed by atoms with E-state index in [1.54, 1.807) is 0 Å². The van der Waals surface area contributed by atoms with Crippen molar-refractivity contribution in [3.8, 4) is 11.1 Å². The van der Waals surface area contributed by atoms with Crippen molar-refractivity contribution < 1.29 is 4.79 Å². The van der Waals surface area contributed by atoms with E-state index in [0.717, 1.165) is 64.3 Å². The highest BCUT2D eigenvalue weighted by Gasteiger charge is 2.24. The molecule has 36 heavy (non-hydrogen) atoms. The van der Waals surface area contributed by atoms with Gasteiger partial charge in [0.25, 0.3) is 0 Å². The van der Waals surface area contributed by atoms with Crippen molar-refractivity contribution in [1.29, 1.82) is 0 Å². The summed E-state index contributed by atoms with van der Waals surface area (Å²) < 4.78 is 0. The molecule has 1 aromatic heterocycles. The van der Waals surface area contributed by atoms with Gasteiger partial charge in [0, 0.05) is 75.6 Å². The standard InChI is InChI=1S/C30H39N5O/c1-4-33-14-16-34(17-15-33)21-23-6-5-7-25(18-23)26-19-28-27(8-9-29(28)31-20-26)24-10-12-35(13-11-24)30(36)32-22(2)3/h5-8,10,18-20,22H,4,9,11-17,21H2,1-3H3,(H,32,36). The summed E-state index contributed by atoms with van der Waals surface area (Å²) in [4.78, 5) is 24.2. The van der Waals surface area contributed by atoms with E-state index in [-0.39, 0.29) is 12.1 Å². The number of nitrogens with one attached hydrogen (secondary N) is 1. The number of amides is 2. The van der Waals surface area contributed by atoms with Crippen molar-refractivity contribution in [2.45, 2.75) is 46.2 Å². The zero-order valence-corrected chi connectivity index (χ0v) is 22.0. The Morgan fingerprint density at radius 1 is 1.03 bits per heavy atom. The van der Waals surface area contributed by atoms with Gasteiger partial charge in [-0.25, -0.2) is 4.79 Å². The minimum absolute atomic E-state index is 0.0252. The number of piperazine rings is 1. The maximum Gasteiger partial charge on any atom is 0.317 e. The van der Waals surface area contributed by atoms with Gasteiger partial charge in [-0.3, -0.25) is 9.88 Å². The third-order valence-electron chi connectivity index (χ3n) is 7.59. The third kappa shape index (κ3) is 5.55. The van der Waals surface area contributed by atoms with E-state index in [9.17, 15) is 4.79 Å². The van der Waals surface area contributed by atoms with Crippen LogP contribution in [0, 0.1) is 0 Å². The molecule has 1 aliphatic carbocycles. The Morgan fingerprint density at radius 3 is 2.56 bits per heavy atom. The first-order valence-electron chi connectivity index (χ1n) is 13.5. The Hall–Kier alpha value is -2.96. The molecule has 0 unspecified atom stereocenters. The molecule has 0 spiro atoms. The van der Waals surface area contributed by atoms with Gasteiger partial charge in [-0.2, -0.15) is 0 Å². The summed E-state index contributed by atoms with van der Waals surface area (Å²) in [7, 11) is 0. The van der Waals surface area contributed by atoms with Gasteiger partial charge in [0.2, 0.25) is 0 Å². The lowest BCUT2D eigenvalue weighted by molar-refractivity contribution is 0.132. The lowest BCUT2D eigenvalue weighted by atomic mass is 9.94. The monoisotopic (exact) mass is 485 g/mol. The highest BCUT2D eigenvalue weighted by Crippen LogP contribution is 2.36. The molecule has 3 aliphatic rings. The minimum atomic E-state index is 0.0252. The molecular formula is C30H39N5O. The van der Waals surface area contributed by atoms with Crippen LogP contribution in [0.3, 0.4) is 0 Å². The summed E-state index contributed by atoms with van der Waals surface area (Å²) in [6.45, 7) is 14.4. The number of allylic oxidation sites excluding steroid dienone is 2. The van der Waals surface area contributed by atoms with Gasteiger partial charge >= 0.3 is 6.03 Å². The van der Waals surface area contributed by atoms with Crippen molar-refractivity contribution in [1.82, 2.24) is 25.0 Å². The lowest BCUT2D eigenvalue weighted by Gasteiger charge is -2.34. The molecule has 3 heterocycles. The lowest BCUT2D eigenvalue weighted by Crippen LogP contribution is -2.45. The van der Waals surface area contributed by atoms with Crippen molar-refractivity contribution in [2.24, 2.45) is 0 Å². The molecule has 0 bridgehead atoms. The van der Waals surface area contributed by atoms with Crippen LogP contribution < -0.4 is 5.32 Å². The molecule has 1 saturated heterocycles. The number of rotatable bonds is 6. The maximum atomic E-state index is 12.4. The van der Waals surface area contributed by atoms with Crippen LogP contribution in [0.5, 0.6) is 0 Å². The van der Waals surface area contributed by atoms with Gasteiger partial charge in [-0.1, -0.05) is 37.3 Å². The van der Waals surface area contributed by atoms with Crippen LogP contribution in [-0.4, -0.2) is 77.6 Å². The van der Waals surface area contributed by atoms with Gasteiger partial charge in [0.1, 0.15) is 0 Å². The van der Waals surface area contributed by atoms with E-state index >= 15 is 0 Å². The van der Waals surface area contributed by atoms with Gasteiger partial charge in [0.05, 0.1) is 5.69 Å². The van der Waals surface area contributed by atoms with Gasteiger partial charge < -0.3 is 15.1 Å². The number of fused-ring (bicyclic) bond motifs is 1. The molecule has 2 aliphatic heterocycles. The zero-order chi connectivity index (χ0) is 25.1. The molecule has 2 amide bonds. The summed E-state index contributed by atoms with van der Waals surface area (Å²) in [5.41, 5.74) is 8.81. The molecule has 0 saturated carbocycles. The molecule has 190 valence electrons. The fraction of sp³-hybridized carbons (Fsp3) is 0.467. The number of hydrogen-bond donors (Lipinski definition) is 1. The van der Waals surface area contributed by atoms with E-state index in [4.69, 9.17) is 4.98 Å². The number of urea groups is 1. The number of carbonyl (C=O) groups excluding carboxylic acids is 1. The van der Waals surface area contributed by atoms with Gasteiger partial charge in [-0.15, -0.1) is 0 Å². The first-order valence-corrected chi connectivity index (χ1v) is 13.5. The summed E-state index contributed by atoms with van der Waals surface area (Å²) in [5, 5.41) is 3.00. The fourth-order valence-corrected chi connectivity index (χ4v) is 5.47. The largest absolute Gasteiger partial charge is 0.336 e. The van der Waals surface area contributed by atoms with Gasteiger partial charge in [-0.05, 0) is 61.2 Å². The van der Waals surface area contributed by atoms with Crippen LogP contribution in [0.25, 0.3) is 16.7 Å². The smallest absolute Gasteiger partial charge is 0.317 e. The van der Waals surface area contributed by atoms with Crippen LogP contribution in [-0.2, 0) is 13.0 Å². The number of aromatic nitrogens is 1. The SMILES string of the molecule is CCN1CCN(Cc2cccc(-c3cnc4c(c3)C(C3=CCN(C(=O)NC(C)C)CC3)=CC4)c2)CC1. The quantitative estimate of drug-likeness (QED) is 0.651. The van der Waals surface area contributed by atoms with E-state index in [0.29, 0.717) is 6.54 Å². The summed E-state index contributed by atoms with van der Waals surface area (Å²) >= 11 is 0. The Kier molecular flexibility index (Phi) is 7.54. The normalized spacial score (nSPS) is 18.7. The van der Waals surface area contributed by atoms with Crippen LogP contribution in [0.15, 0.2) is 54.3 Å². The second-order valence-corrected chi connectivity index (χ2v) is 10.5. The molecule has 6 heteroatoms. The number of benzene rings is 1. The Balaban J connectivity index is 1.29. The van der Waals surface area contributed by atoms with Crippen LogP contribution in [0.4, 0.5) is 4.79 Å². The molecule has 0 atom stereocenters. The average Bonchev–Trinajstić information content (AvgIpc) is 3.32. The number of carbonyl (C=O) groups is 1. The molecule has 0 radical (unpaired) electrons. The Morgan fingerprint density at radius 2 is 1.83 bits per heavy atom. The third-order valence-corrected chi connectivity index (χ3v) is 7.59. The summed E-state index contributed by atoms with van der Waals surface area (Å²) in [6.07, 6.45) is 8.31. The number of nitrogens with zero attached hydrogens (tertiary/aromatic N) is 4. The summed E-state index contributed by atoms with van der Waals surface area (Å²) in [5.74, 6) is 0. The number of hydrogen-bond acceptors (Lipinski definition) is 4. The second kappa shape index (κ2) is 11.0. The van der Waals surface area contributed by atoms with E-state index in [1.807, 2.05) is 24.9 Å². The maximum absolute atomic E-state index is 12.4. The molecule has 1 aromatic carbocycles. The average molecular weight is 486 g/mol. The minimum Gasteiger partial charge on any atom is -0.336 e. The topological polar surface area (TPSA) is 51.7 Å². The Labute approximate surface area is 215 Å². The van der Waals surface area contributed by atoms with Crippen molar-refractivity contribution in [3.05, 3.63) is 71.1 Å². The molecule has 6 nitrogen and oxygen atoms in total. The molecule has 5 rings (SSSR count). The second-order valence-electron chi connectivity index (χ2n) is 10.5. The fourth-order valence-electron chi connectivity index (χ4n) is 5.47. The van der Waals surface area contributed by atoms with Crippen molar-refractivity contribution in [2.75, 3.05) is 45.8 Å². The van der Waals surface area contributed by atoms with Crippen LogP contribution >= 0.6 is 0 Å². The zero-order valence-electron chi connectivity index (χ0n) is 22.0. The number of pyridine rings is 1. The van der Waals surface area contributed by atoms with E-state index in [2.05, 4.69) is 64.5 Å².